The van der Waals surface area contributed by atoms with E-state index in [2.05, 4.69) is 46.8 Å². The minimum Gasteiger partial charge on any atom is -0.393 e. The van der Waals surface area contributed by atoms with Crippen LogP contribution >= 0.6 is 0 Å². The third kappa shape index (κ3) is 3.37. The smallest absolute Gasteiger partial charge is 0.0636 e. The summed E-state index contributed by atoms with van der Waals surface area (Å²) in [5, 5.41) is 21.3. The van der Waals surface area contributed by atoms with E-state index in [-0.39, 0.29) is 17.6 Å². The molecule has 29 heavy (non-hydrogen) atoms. The maximum absolute atomic E-state index is 11.0. The predicted molar refractivity (Wildman–Crippen MR) is 120 cm³/mol. The lowest BCUT2D eigenvalue weighted by atomic mass is 9.49. The molecule has 0 radical (unpaired) electrons. The first-order chi connectivity index (χ1) is 13.7. The van der Waals surface area contributed by atoms with Gasteiger partial charge in [-0.3, -0.25) is 0 Å². The van der Waals surface area contributed by atoms with Gasteiger partial charge >= 0.3 is 0 Å². The Morgan fingerprint density at radius 3 is 2.48 bits per heavy atom. The highest BCUT2D eigenvalue weighted by atomic mass is 16.3. The molecule has 0 amide bonds. The van der Waals surface area contributed by atoms with Crippen molar-refractivity contribution < 1.29 is 10.2 Å². The highest BCUT2D eigenvalue weighted by molar-refractivity contribution is 5.39. The highest BCUT2D eigenvalue weighted by Gasteiger charge is 2.58. The summed E-state index contributed by atoms with van der Waals surface area (Å²) in [4.78, 5) is 0. The Hall–Kier alpha value is -0.600. The van der Waals surface area contributed by atoms with E-state index in [9.17, 15) is 10.2 Å². The van der Waals surface area contributed by atoms with Crippen LogP contribution in [0.4, 0.5) is 0 Å². The maximum Gasteiger partial charge on any atom is 0.0636 e. The first-order valence-electron chi connectivity index (χ1n) is 12.5. The average molecular weight is 401 g/mol. The van der Waals surface area contributed by atoms with Gasteiger partial charge in [-0.15, -0.1) is 0 Å². The Balaban J connectivity index is 1.54. The molecule has 4 aliphatic rings. The molecule has 0 aliphatic heterocycles. The van der Waals surface area contributed by atoms with Crippen molar-refractivity contribution >= 4 is 0 Å². The summed E-state index contributed by atoms with van der Waals surface area (Å²) >= 11 is 0. The van der Waals surface area contributed by atoms with Crippen LogP contribution in [0.3, 0.4) is 0 Å². The molecule has 0 aromatic carbocycles. The van der Waals surface area contributed by atoms with Crippen molar-refractivity contribution in [2.24, 2.45) is 40.4 Å². The molecule has 0 aromatic heterocycles. The lowest BCUT2D eigenvalue weighted by Crippen LogP contribution is -2.50. The first kappa shape index (κ1) is 21.6. The molecular weight excluding hydrogens is 356 g/mol. The van der Waals surface area contributed by atoms with Crippen LogP contribution in [0.2, 0.25) is 0 Å². The molecule has 0 aromatic rings. The molecule has 0 heterocycles. The van der Waals surface area contributed by atoms with Gasteiger partial charge < -0.3 is 10.2 Å². The molecular formula is C27H44O2. The summed E-state index contributed by atoms with van der Waals surface area (Å²) in [6, 6.07) is 0. The van der Waals surface area contributed by atoms with E-state index in [1.54, 1.807) is 5.57 Å². The minimum absolute atomic E-state index is 0.0191. The summed E-state index contributed by atoms with van der Waals surface area (Å²) in [7, 11) is 0. The van der Waals surface area contributed by atoms with E-state index in [4.69, 9.17) is 0 Å². The summed E-state index contributed by atoms with van der Waals surface area (Å²) in [5.74, 6) is 3.05. The van der Waals surface area contributed by atoms with Crippen LogP contribution in [0.1, 0.15) is 92.4 Å². The average Bonchev–Trinajstić information content (AvgIpc) is 3.04. The molecule has 4 aliphatic carbocycles. The standard InChI is InChI=1S/C27H44O2/c1-17(2)24(28)14-9-18(3)21-12-13-22-20-11-10-19-7-6-8-25(29)27(19,5)23(20)15-16-26(21,22)4/h10-11,17-18,21-25,28-29H,6-9,12-16H2,1-5H3/t18-,21-,22+,23+,24?,25?,26-,27+/m1/s1. The lowest BCUT2D eigenvalue weighted by molar-refractivity contribution is -0.0251. The summed E-state index contributed by atoms with van der Waals surface area (Å²) < 4.78 is 0. The lowest BCUT2D eigenvalue weighted by Gasteiger charge is -2.56. The van der Waals surface area contributed by atoms with Gasteiger partial charge in [-0.1, -0.05) is 57.9 Å². The van der Waals surface area contributed by atoms with Crippen molar-refractivity contribution in [2.45, 2.75) is 105 Å². The van der Waals surface area contributed by atoms with Crippen molar-refractivity contribution in [1.29, 1.82) is 0 Å². The van der Waals surface area contributed by atoms with Crippen molar-refractivity contribution in [3.8, 4) is 0 Å². The molecule has 0 saturated heterocycles. The second-order valence-electron chi connectivity index (χ2n) is 11.7. The predicted octanol–water partition coefficient (Wildman–Crippen LogP) is 6.28. The van der Waals surface area contributed by atoms with E-state index in [1.165, 1.54) is 37.7 Å². The van der Waals surface area contributed by atoms with Crippen LogP contribution in [0.15, 0.2) is 23.3 Å². The first-order valence-corrected chi connectivity index (χ1v) is 12.5. The minimum atomic E-state index is -0.172. The summed E-state index contributed by atoms with van der Waals surface area (Å²) in [5.41, 5.74) is 3.56. The molecule has 0 spiro atoms. The molecule has 2 N–H and O–H groups in total. The number of rotatable bonds is 5. The van der Waals surface area contributed by atoms with Crippen LogP contribution in [-0.2, 0) is 0 Å². The van der Waals surface area contributed by atoms with Crippen molar-refractivity contribution in [2.75, 3.05) is 0 Å². The fraction of sp³-hybridized carbons (Fsp3) is 0.852. The van der Waals surface area contributed by atoms with E-state index < -0.39 is 0 Å². The van der Waals surface area contributed by atoms with E-state index >= 15 is 0 Å². The van der Waals surface area contributed by atoms with Gasteiger partial charge in [0.2, 0.25) is 0 Å². The zero-order chi connectivity index (χ0) is 21.0. The second kappa shape index (κ2) is 7.83. The molecule has 0 bridgehead atoms. The van der Waals surface area contributed by atoms with Gasteiger partial charge in [-0.2, -0.15) is 0 Å². The number of aliphatic hydroxyl groups excluding tert-OH is 2. The van der Waals surface area contributed by atoms with Crippen LogP contribution in [0.5, 0.6) is 0 Å². The summed E-state index contributed by atoms with van der Waals surface area (Å²) in [6.45, 7) is 11.6. The van der Waals surface area contributed by atoms with Crippen LogP contribution in [-0.4, -0.2) is 22.4 Å². The van der Waals surface area contributed by atoms with Gasteiger partial charge in [0.1, 0.15) is 0 Å². The topological polar surface area (TPSA) is 40.5 Å². The Morgan fingerprint density at radius 2 is 1.76 bits per heavy atom. The third-order valence-electron chi connectivity index (χ3n) is 10.1. The van der Waals surface area contributed by atoms with E-state index in [0.29, 0.717) is 29.1 Å². The SMILES string of the molecule is CC(C)C(O)CC[C@@H](C)[C@H]1CC[C@H]2C3=CC=C4CCCC(O)[C@]4(C)[C@H]3CC[C@]12C. The fourth-order valence-electron chi connectivity index (χ4n) is 8.00. The quantitative estimate of drug-likeness (QED) is 0.570. The number of hydrogen-bond donors (Lipinski definition) is 2. The zero-order valence-corrected chi connectivity index (χ0v) is 19.5. The van der Waals surface area contributed by atoms with Gasteiger partial charge in [0.15, 0.2) is 0 Å². The fourth-order valence-corrected chi connectivity index (χ4v) is 8.00. The molecule has 2 unspecified atom stereocenters. The van der Waals surface area contributed by atoms with Crippen LogP contribution < -0.4 is 0 Å². The second-order valence-corrected chi connectivity index (χ2v) is 11.7. The molecule has 2 nitrogen and oxygen atoms in total. The van der Waals surface area contributed by atoms with Gasteiger partial charge in [-0.05, 0) is 92.8 Å². The normalized spacial score (nSPS) is 43.7. The molecule has 164 valence electrons. The van der Waals surface area contributed by atoms with Gasteiger partial charge in [-0.25, -0.2) is 0 Å². The van der Waals surface area contributed by atoms with Crippen LogP contribution in [0.25, 0.3) is 0 Å². The van der Waals surface area contributed by atoms with Gasteiger partial charge in [0.05, 0.1) is 12.2 Å². The van der Waals surface area contributed by atoms with Crippen molar-refractivity contribution in [3.63, 3.8) is 0 Å². The largest absolute Gasteiger partial charge is 0.393 e. The van der Waals surface area contributed by atoms with Crippen LogP contribution in [0, 0.1) is 40.4 Å². The molecule has 3 fully saturated rings. The van der Waals surface area contributed by atoms with E-state index in [0.717, 1.165) is 31.6 Å². The van der Waals surface area contributed by atoms with E-state index in [1.807, 2.05) is 0 Å². The Bertz CT molecular complexity index is 676. The number of hydrogen-bond acceptors (Lipinski definition) is 2. The Morgan fingerprint density at radius 1 is 1.00 bits per heavy atom. The molecule has 3 saturated carbocycles. The monoisotopic (exact) mass is 400 g/mol. The molecule has 2 heteroatoms. The summed E-state index contributed by atoms with van der Waals surface area (Å²) in [6.07, 6.45) is 15.1. The van der Waals surface area contributed by atoms with Gasteiger partial charge in [0.25, 0.3) is 0 Å². The Labute approximate surface area is 178 Å². The van der Waals surface area contributed by atoms with Crippen molar-refractivity contribution in [1.82, 2.24) is 0 Å². The number of fused-ring (bicyclic) bond motifs is 5. The maximum atomic E-state index is 11.0. The van der Waals surface area contributed by atoms with Gasteiger partial charge in [0, 0.05) is 5.41 Å². The third-order valence-corrected chi connectivity index (χ3v) is 10.1. The number of aliphatic hydroxyl groups is 2. The number of allylic oxidation sites excluding steroid dienone is 3. The Kier molecular flexibility index (Phi) is 5.84. The highest BCUT2D eigenvalue weighted by Crippen LogP contribution is 2.66. The zero-order valence-electron chi connectivity index (χ0n) is 19.5. The van der Waals surface area contributed by atoms with Crippen molar-refractivity contribution in [3.05, 3.63) is 23.3 Å². The molecule has 4 rings (SSSR count). The molecule has 8 atom stereocenters.